The van der Waals surface area contributed by atoms with Gasteiger partial charge in [-0.2, -0.15) is 0 Å². The molecule has 0 radical (unpaired) electrons. The van der Waals surface area contributed by atoms with Crippen LogP contribution in [0.3, 0.4) is 0 Å². The number of hydrogen-bond donors (Lipinski definition) is 1. The maximum absolute atomic E-state index is 5.89. The summed E-state index contributed by atoms with van der Waals surface area (Å²) in [4.78, 5) is 10.6. The highest BCUT2D eigenvalue weighted by atomic mass is 15.2. The van der Waals surface area contributed by atoms with Gasteiger partial charge in [-0.15, -0.1) is 0 Å². The van der Waals surface area contributed by atoms with Crippen molar-refractivity contribution in [1.82, 2.24) is 4.90 Å². The number of allylic oxidation sites excluding steroid dienone is 1. The Kier molecular flexibility index (Phi) is 3.68. The minimum absolute atomic E-state index is 0.727. The van der Waals surface area contributed by atoms with Crippen molar-refractivity contribution in [3.05, 3.63) is 11.5 Å². The van der Waals surface area contributed by atoms with Crippen molar-refractivity contribution in [2.75, 3.05) is 20.6 Å². The summed E-state index contributed by atoms with van der Waals surface area (Å²) >= 11 is 0. The third-order valence-electron chi connectivity index (χ3n) is 2.10. The van der Waals surface area contributed by atoms with Crippen LogP contribution >= 0.6 is 0 Å². The molecule has 0 spiro atoms. The zero-order valence-electron chi connectivity index (χ0n) is 9.12. The molecule has 78 valence electrons. The van der Waals surface area contributed by atoms with Gasteiger partial charge < -0.3 is 10.6 Å². The van der Waals surface area contributed by atoms with Crippen LogP contribution in [0.1, 0.15) is 19.8 Å². The zero-order valence-corrected chi connectivity index (χ0v) is 9.12. The second-order valence-corrected chi connectivity index (χ2v) is 3.46. The molecule has 0 aromatic heterocycles. The molecule has 1 rings (SSSR count). The van der Waals surface area contributed by atoms with E-state index in [4.69, 9.17) is 5.73 Å². The summed E-state index contributed by atoms with van der Waals surface area (Å²) in [5.74, 6) is 0.727. The fraction of sp³-hybridized carbons (Fsp3) is 0.600. The average molecular weight is 194 g/mol. The van der Waals surface area contributed by atoms with Crippen molar-refractivity contribution >= 4 is 11.9 Å². The van der Waals surface area contributed by atoms with Gasteiger partial charge in [0.25, 0.3) is 0 Å². The molecule has 0 amide bonds. The van der Waals surface area contributed by atoms with E-state index >= 15 is 0 Å². The van der Waals surface area contributed by atoms with Gasteiger partial charge in [0.05, 0.1) is 5.70 Å². The third kappa shape index (κ3) is 2.58. The van der Waals surface area contributed by atoms with Crippen molar-refractivity contribution in [2.24, 2.45) is 15.7 Å². The predicted octanol–water partition coefficient (Wildman–Crippen LogP) is 1.00. The van der Waals surface area contributed by atoms with Crippen LogP contribution in [-0.4, -0.2) is 37.5 Å². The summed E-state index contributed by atoms with van der Waals surface area (Å²) in [5, 5.41) is 0. The Morgan fingerprint density at radius 2 is 2.36 bits per heavy atom. The summed E-state index contributed by atoms with van der Waals surface area (Å²) in [5.41, 5.74) is 7.98. The Balaban J connectivity index is 2.84. The normalized spacial score (nSPS) is 22.6. The molecular formula is C10H18N4. The predicted molar refractivity (Wildman–Crippen MR) is 60.6 cm³/mol. The summed E-state index contributed by atoms with van der Waals surface area (Å²) in [7, 11) is 3.84. The van der Waals surface area contributed by atoms with Crippen LogP contribution in [0.15, 0.2) is 21.5 Å². The first-order valence-corrected chi connectivity index (χ1v) is 4.85. The Labute approximate surface area is 85.2 Å². The Hall–Kier alpha value is -1.32. The van der Waals surface area contributed by atoms with E-state index in [1.54, 1.807) is 0 Å². The average Bonchev–Trinajstić information content (AvgIpc) is 2.17. The van der Waals surface area contributed by atoms with Crippen molar-refractivity contribution in [2.45, 2.75) is 19.8 Å². The smallest absolute Gasteiger partial charge is 0.121 e. The molecule has 0 aromatic carbocycles. The van der Waals surface area contributed by atoms with Gasteiger partial charge in [0.1, 0.15) is 5.82 Å². The lowest BCUT2D eigenvalue weighted by Gasteiger charge is -2.18. The van der Waals surface area contributed by atoms with Crippen molar-refractivity contribution in [3.63, 3.8) is 0 Å². The molecule has 14 heavy (non-hydrogen) atoms. The van der Waals surface area contributed by atoms with Gasteiger partial charge >= 0.3 is 0 Å². The van der Waals surface area contributed by atoms with Gasteiger partial charge in [0.15, 0.2) is 0 Å². The minimum Gasteiger partial charge on any atom is -0.384 e. The fourth-order valence-corrected chi connectivity index (χ4v) is 1.33. The van der Waals surface area contributed by atoms with Crippen LogP contribution in [0.25, 0.3) is 0 Å². The molecule has 1 aliphatic rings. The van der Waals surface area contributed by atoms with E-state index in [1.807, 2.05) is 32.1 Å². The van der Waals surface area contributed by atoms with Crippen molar-refractivity contribution < 1.29 is 0 Å². The van der Waals surface area contributed by atoms with Crippen LogP contribution < -0.4 is 5.73 Å². The molecule has 0 saturated heterocycles. The van der Waals surface area contributed by atoms with Crippen molar-refractivity contribution in [3.8, 4) is 0 Å². The molecule has 1 heterocycles. The lowest BCUT2D eigenvalue weighted by Crippen LogP contribution is -2.22. The molecule has 0 unspecified atom stereocenters. The highest BCUT2D eigenvalue weighted by Crippen LogP contribution is 2.15. The summed E-state index contributed by atoms with van der Waals surface area (Å²) in [6.45, 7) is 2.87. The number of hydrogen-bond acceptors (Lipinski definition) is 4. The molecule has 0 fully saturated rings. The number of nitrogens with two attached hydrogens (primary N) is 1. The topological polar surface area (TPSA) is 54.0 Å². The Bertz CT molecular complexity index is 286. The molecule has 2 N–H and O–H groups in total. The fourth-order valence-electron chi connectivity index (χ4n) is 1.33. The van der Waals surface area contributed by atoms with Crippen LogP contribution in [0.4, 0.5) is 0 Å². The largest absolute Gasteiger partial charge is 0.384 e. The highest BCUT2D eigenvalue weighted by molar-refractivity contribution is 5.99. The standard InChI is InChI=1S/C10H18N4/c1-4-12-8-5-6-13-9(7-8)10(11)14(2)3/h6H,4-5,7,11H2,1-3H3/b10-9+,12-8-. The lowest BCUT2D eigenvalue weighted by molar-refractivity contribution is 0.496. The van der Waals surface area contributed by atoms with Gasteiger partial charge in [-0.3, -0.25) is 9.98 Å². The molecule has 0 bridgehead atoms. The van der Waals surface area contributed by atoms with Crippen LogP contribution in [0, 0.1) is 0 Å². The first-order valence-electron chi connectivity index (χ1n) is 4.85. The first kappa shape index (κ1) is 10.8. The third-order valence-corrected chi connectivity index (χ3v) is 2.10. The van der Waals surface area contributed by atoms with Gasteiger partial charge in [-0.1, -0.05) is 0 Å². The minimum atomic E-state index is 0.727. The number of rotatable bonds is 2. The van der Waals surface area contributed by atoms with Gasteiger partial charge in [-0.25, -0.2) is 0 Å². The highest BCUT2D eigenvalue weighted by Gasteiger charge is 2.11. The van der Waals surface area contributed by atoms with E-state index in [0.29, 0.717) is 0 Å². The second-order valence-electron chi connectivity index (χ2n) is 3.46. The molecular weight excluding hydrogens is 176 g/mol. The van der Waals surface area contributed by atoms with E-state index < -0.39 is 0 Å². The molecule has 0 aromatic rings. The first-order chi connectivity index (χ1) is 6.65. The van der Waals surface area contributed by atoms with Gasteiger partial charge in [0.2, 0.25) is 0 Å². The SMILES string of the molecule is CC/N=C1/CC=N/C(=C(\N)N(C)C)C1. The second kappa shape index (κ2) is 4.79. The van der Waals surface area contributed by atoms with E-state index in [9.17, 15) is 0 Å². The summed E-state index contributed by atoms with van der Waals surface area (Å²) in [6.07, 6.45) is 3.52. The maximum atomic E-state index is 5.89. The Morgan fingerprint density at radius 1 is 1.64 bits per heavy atom. The number of nitrogens with zero attached hydrogens (tertiary/aromatic N) is 3. The van der Waals surface area contributed by atoms with Crippen LogP contribution in [0.2, 0.25) is 0 Å². The van der Waals surface area contributed by atoms with Crippen LogP contribution in [-0.2, 0) is 0 Å². The molecule has 0 aliphatic carbocycles. The van der Waals surface area contributed by atoms with E-state index in [-0.39, 0.29) is 0 Å². The molecule has 4 heteroatoms. The quantitative estimate of drug-likeness (QED) is 0.713. The van der Waals surface area contributed by atoms with Gasteiger partial charge in [0, 0.05) is 45.4 Å². The lowest BCUT2D eigenvalue weighted by atomic mass is 10.1. The van der Waals surface area contributed by atoms with E-state index in [1.165, 1.54) is 5.71 Å². The maximum Gasteiger partial charge on any atom is 0.121 e. The summed E-state index contributed by atoms with van der Waals surface area (Å²) in [6, 6.07) is 0. The van der Waals surface area contributed by atoms with Crippen molar-refractivity contribution in [1.29, 1.82) is 0 Å². The van der Waals surface area contributed by atoms with E-state index in [0.717, 1.165) is 30.9 Å². The summed E-state index contributed by atoms with van der Waals surface area (Å²) < 4.78 is 0. The van der Waals surface area contributed by atoms with E-state index in [2.05, 4.69) is 9.98 Å². The molecule has 0 saturated carbocycles. The molecule has 4 nitrogen and oxygen atoms in total. The zero-order chi connectivity index (χ0) is 10.6. The van der Waals surface area contributed by atoms with Crippen LogP contribution in [0.5, 0.6) is 0 Å². The Morgan fingerprint density at radius 3 is 2.93 bits per heavy atom. The van der Waals surface area contributed by atoms with Gasteiger partial charge in [-0.05, 0) is 6.92 Å². The molecule has 1 aliphatic heterocycles. The monoisotopic (exact) mass is 194 g/mol. The molecule has 0 atom stereocenters. The number of aliphatic imine (C=N–C) groups is 2.